The smallest absolute Gasteiger partial charge is 0.331 e. The van der Waals surface area contributed by atoms with Crippen LogP contribution >= 0.6 is 0 Å². The van der Waals surface area contributed by atoms with Crippen LogP contribution in [0.3, 0.4) is 0 Å². The van der Waals surface area contributed by atoms with Crippen LogP contribution in [0.5, 0.6) is 5.75 Å². The molecule has 1 unspecified atom stereocenters. The third kappa shape index (κ3) is 9.74. The number of para-hydroxylation sites is 1. The standard InChI is InChI=1S/C27H33NO5/c1-3-5-6-7-13-19-32-25-17-12-11-16-23(25)26(29)28-24(21-31-18-4-2)27(30)33-20-22-14-9-8-10-15-22/h3-4,8-12,14-17,24H,1-2,5-7,13,18-21H2,(H,28,29). The van der Waals surface area contributed by atoms with Gasteiger partial charge in [0.2, 0.25) is 0 Å². The Balaban J connectivity index is 1.98. The monoisotopic (exact) mass is 451 g/mol. The molecule has 1 amide bonds. The van der Waals surface area contributed by atoms with Crippen molar-refractivity contribution in [2.75, 3.05) is 19.8 Å². The largest absolute Gasteiger partial charge is 0.493 e. The third-order valence-corrected chi connectivity index (χ3v) is 4.78. The molecule has 6 heteroatoms. The van der Waals surface area contributed by atoms with Gasteiger partial charge in [0.05, 0.1) is 25.4 Å². The molecule has 0 spiro atoms. The van der Waals surface area contributed by atoms with Crippen molar-refractivity contribution in [1.29, 1.82) is 0 Å². The number of nitrogens with one attached hydrogen (secondary N) is 1. The number of esters is 1. The summed E-state index contributed by atoms with van der Waals surface area (Å²) in [6, 6.07) is 15.4. The van der Waals surface area contributed by atoms with Crippen molar-refractivity contribution in [3.05, 3.63) is 91.0 Å². The molecule has 2 rings (SSSR count). The molecule has 0 bridgehead atoms. The van der Waals surface area contributed by atoms with E-state index in [-0.39, 0.29) is 19.8 Å². The van der Waals surface area contributed by atoms with E-state index in [1.807, 2.05) is 42.5 Å². The Kier molecular flexibility index (Phi) is 12.1. The summed E-state index contributed by atoms with van der Waals surface area (Å²) < 4.78 is 16.7. The number of benzene rings is 2. The number of hydrogen-bond acceptors (Lipinski definition) is 5. The average molecular weight is 452 g/mol. The van der Waals surface area contributed by atoms with Gasteiger partial charge in [-0.25, -0.2) is 4.79 Å². The maximum atomic E-state index is 13.0. The molecule has 6 nitrogen and oxygen atoms in total. The van der Waals surface area contributed by atoms with E-state index in [9.17, 15) is 9.59 Å². The Morgan fingerprint density at radius 2 is 1.70 bits per heavy atom. The van der Waals surface area contributed by atoms with Gasteiger partial charge in [0.15, 0.2) is 6.04 Å². The van der Waals surface area contributed by atoms with Crippen molar-refractivity contribution in [3.63, 3.8) is 0 Å². The summed E-state index contributed by atoms with van der Waals surface area (Å²) in [7, 11) is 0. The Morgan fingerprint density at radius 1 is 0.939 bits per heavy atom. The fourth-order valence-corrected chi connectivity index (χ4v) is 3.03. The molecule has 176 valence electrons. The van der Waals surface area contributed by atoms with Gasteiger partial charge < -0.3 is 19.5 Å². The minimum absolute atomic E-state index is 0.0300. The lowest BCUT2D eigenvalue weighted by Gasteiger charge is -2.19. The van der Waals surface area contributed by atoms with Gasteiger partial charge in [0.1, 0.15) is 12.4 Å². The minimum atomic E-state index is -0.965. The van der Waals surface area contributed by atoms with E-state index in [0.29, 0.717) is 17.9 Å². The van der Waals surface area contributed by atoms with Crippen LogP contribution in [-0.4, -0.2) is 37.7 Å². The summed E-state index contributed by atoms with van der Waals surface area (Å²) in [5.41, 5.74) is 1.21. The molecule has 2 aromatic carbocycles. The van der Waals surface area contributed by atoms with Crippen molar-refractivity contribution in [2.24, 2.45) is 0 Å². The molecule has 1 atom stereocenters. The number of hydrogen-bond donors (Lipinski definition) is 1. The molecule has 0 aromatic heterocycles. The van der Waals surface area contributed by atoms with E-state index < -0.39 is 17.9 Å². The van der Waals surface area contributed by atoms with Crippen LogP contribution in [0.15, 0.2) is 79.9 Å². The number of rotatable bonds is 16. The van der Waals surface area contributed by atoms with Gasteiger partial charge in [-0.05, 0) is 43.4 Å². The highest BCUT2D eigenvalue weighted by Crippen LogP contribution is 2.19. The van der Waals surface area contributed by atoms with Crippen LogP contribution in [0.4, 0.5) is 0 Å². The number of allylic oxidation sites excluding steroid dienone is 1. The molecule has 0 aliphatic rings. The number of carbonyl (C=O) groups is 2. The first-order valence-corrected chi connectivity index (χ1v) is 11.2. The van der Waals surface area contributed by atoms with Gasteiger partial charge in [0, 0.05) is 0 Å². The van der Waals surface area contributed by atoms with Crippen LogP contribution in [0.2, 0.25) is 0 Å². The van der Waals surface area contributed by atoms with Crippen LogP contribution in [0, 0.1) is 0 Å². The van der Waals surface area contributed by atoms with Crippen LogP contribution < -0.4 is 10.1 Å². The molecule has 0 saturated carbocycles. The lowest BCUT2D eigenvalue weighted by molar-refractivity contribution is -0.148. The Hall–Kier alpha value is -3.38. The number of carbonyl (C=O) groups excluding carboxylic acids is 2. The molecule has 1 N–H and O–H groups in total. The fourth-order valence-electron chi connectivity index (χ4n) is 3.03. The highest BCUT2D eigenvalue weighted by Gasteiger charge is 2.24. The summed E-state index contributed by atoms with van der Waals surface area (Å²) in [4.78, 5) is 25.7. The van der Waals surface area contributed by atoms with Gasteiger partial charge in [-0.3, -0.25) is 4.79 Å². The first-order chi connectivity index (χ1) is 16.2. The highest BCUT2D eigenvalue weighted by molar-refractivity contribution is 5.99. The predicted octanol–water partition coefficient (Wildman–Crippen LogP) is 4.86. The molecule has 0 fully saturated rings. The van der Waals surface area contributed by atoms with Gasteiger partial charge in [0.25, 0.3) is 5.91 Å². The highest BCUT2D eigenvalue weighted by atomic mass is 16.5. The SMILES string of the molecule is C=CCCCCCOc1ccccc1C(=O)NC(COCC=C)C(=O)OCc1ccccc1. The number of unbranched alkanes of at least 4 members (excludes halogenated alkanes) is 3. The molecule has 0 heterocycles. The second-order valence-corrected chi connectivity index (χ2v) is 7.43. The summed E-state index contributed by atoms with van der Waals surface area (Å²) in [5, 5.41) is 2.72. The predicted molar refractivity (Wildman–Crippen MR) is 129 cm³/mol. The number of ether oxygens (including phenoxy) is 3. The second kappa shape index (κ2) is 15.4. The lowest BCUT2D eigenvalue weighted by Crippen LogP contribution is -2.45. The zero-order valence-corrected chi connectivity index (χ0v) is 19.0. The number of amides is 1. The maximum absolute atomic E-state index is 13.0. The quantitative estimate of drug-likeness (QED) is 0.224. The Morgan fingerprint density at radius 3 is 2.45 bits per heavy atom. The summed E-state index contributed by atoms with van der Waals surface area (Å²) in [6.45, 7) is 8.16. The molecule has 2 aromatic rings. The van der Waals surface area contributed by atoms with Gasteiger partial charge >= 0.3 is 5.97 Å². The average Bonchev–Trinajstić information content (AvgIpc) is 2.85. The molecule has 0 aliphatic carbocycles. The van der Waals surface area contributed by atoms with E-state index in [1.54, 1.807) is 24.3 Å². The molecule has 0 aliphatic heterocycles. The van der Waals surface area contributed by atoms with E-state index in [1.165, 1.54) is 0 Å². The normalized spacial score (nSPS) is 11.3. The molecular formula is C27H33NO5. The van der Waals surface area contributed by atoms with Crippen LogP contribution in [0.25, 0.3) is 0 Å². The Labute approximate surface area is 196 Å². The molecule has 33 heavy (non-hydrogen) atoms. The summed E-state index contributed by atoms with van der Waals surface area (Å²) in [5.74, 6) is -0.528. The van der Waals surface area contributed by atoms with Crippen molar-refractivity contribution in [2.45, 2.75) is 38.3 Å². The molecule has 0 saturated heterocycles. The fraction of sp³-hybridized carbons (Fsp3) is 0.333. The van der Waals surface area contributed by atoms with E-state index >= 15 is 0 Å². The first kappa shape index (κ1) is 25.9. The maximum Gasteiger partial charge on any atom is 0.331 e. The zero-order chi connectivity index (χ0) is 23.7. The van der Waals surface area contributed by atoms with E-state index in [4.69, 9.17) is 14.2 Å². The van der Waals surface area contributed by atoms with E-state index in [0.717, 1.165) is 31.2 Å². The van der Waals surface area contributed by atoms with Gasteiger partial charge in [-0.15, -0.1) is 13.2 Å². The zero-order valence-electron chi connectivity index (χ0n) is 19.0. The molecule has 0 radical (unpaired) electrons. The topological polar surface area (TPSA) is 73.9 Å². The summed E-state index contributed by atoms with van der Waals surface area (Å²) in [6.07, 6.45) is 7.43. The van der Waals surface area contributed by atoms with Crippen molar-refractivity contribution < 1.29 is 23.8 Å². The minimum Gasteiger partial charge on any atom is -0.493 e. The lowest BCUT2D eigenvalue weighted by atomic mass is 10.1. The summed E-state index contributed by atoms with van der Waals surface area (Å²) >= 11 is 0. The van der Waals surface area contributed by atoms with Crippen molar-refractivity contribution >= 4 is 11.9 Å². The Bertz CT molecular complexity index is 881. The van der Waals surface area contributed by atoms with Crippen molar-refractivity contribution in [3.8, 4) is 5.75 Å². The van der Waals surface area contributed by atoms with E-state index in [2.05, 4.69) is 18.5 Å². The van der Waals surface area contributed by atoms with Gasteiger partial charge in [-0.2, -0.15) is 0 Å². The third-order valence-electron chi connectivity index (χ3n) is 4.78. The van der Waals surface area contributed by atoms with Crippen LogP contribution in [-0.2, 0) is 20.9 Å². The first-order valence-electron chi connectivity index (χ1n) is 11.2. The second-order valence-electron chi connectivity index (χ2n) is 7.43. The van der Waals surface area contributed by atoms with Crippen molar-refractivity contribution in [1.82, 2.24) is 5.32 Å². The molecular weight excluding hydrogens is 418 g/mol. The van der Waals surface area contributed by atoms with Crippen LogP contribution in [0.1, 0.15) is 41.6 Å². The van der Waals surface area contributed by atoms with Gasteiger partial charge in [-0.1, -0.05) is 54.6 Å².